The fourth-order valence-corrected chi connectivity index (χ4v) is 8.09. The third-order valence-electron chi connectivity index (χ3n) is 8.52. The summed E-state index contributed by atoms with van der Waals surface area (Å²) in [4.78, 5) is 19.2. The molecule has 7 rings (SSSR count). The van der Waals surface area contributed by atoms with Crippen molar-refractivity contribution in [3.63, 3.8) is 0 Å². The Morgan fingerprint density at radius 3 is 2.31 bits per heavy atom. The lowest BCUT2D eigenvalue weighted by molar-refractivity contribution is 0.102. The molecule has 1 aliphatic rings. The Labute approximate surface area is 294 Å². The quantitative estimate of drug-likeness (QED) is 0.169. The fourth-order valence-electron chi connectivity index (χ4n) is 6.04. The fraction of sp³-hybridized carbons (Fsp3) is 0.158. The first-order chi connectivity index (χ1) is 23.7. The van der Waals surface area contributed by atoms with E-state index in [1.807, 2.05) is 60.7 Å². The minimum Gasteiger partial charge on any atom is -0.497 e. The Morgan fingerprint density at radius 1 is 0.796 bits per heavy atom. The highest BCUT2D eigenvalue weighted by Crippen LogP contribution is 2.36. The lowest BCUT2D eigenvalue weighted by Crippen LogP contribution is -2.35. The van der Waals surface area contributed by atoms with Crippen LogP contribution in [0.25, 0.3) is 32.9 Å². The third kappa shape index (κ3) is 6.93. The van der Waals surface area contributed by atoms with Crippen molar-refractivity contribution in [2.24, 2.45) is 0 Å². The Hall–Kier alpha value is -4.67. The van der Waals surface area contributed by atoms with E-state index in [1.165, 1.54) is 22.5 Å². The topological polar surface area (TPSA) is 97.8 Å². The summed E-state index contributed by atoms with van der Waals surface area (Å²) in [5.74, 6) is 0.836. The van der Waals surface area contributed by atoms with E-state index in [2.05, 4.69) is 5.32 Å². The molecule has 1 aliphatic heterocycles. The molecule has 0 atom stereocenters. The number of ether oxygens (including phenoxy) is 2. The summed E-state index contributed by atoms with van der Waals surface area (Å²) in [6, 6.07) is 30.1. The summed E-state index contributed by atoms with van der Waals surface area (Å²) < 4.78 is 40.4. The zero-order chi connectivity index (χ0) is 34.1. The van der Waals surface area contributed by atoms with Crippen LogP contribution >= 0.6 is 23.2 Å². The second kappa shape index (κ2) is 13.7. The number of fused-ring (bicyclic) bond motifs is 2. The van der Waals surface area contributed by atoms with Crippen molar-refractivity contribution in [3.8, 4) is 28.5 Å². The molecule has 1 amide bonds. The van der Waals surface area contributed by atoms with Crippen LogP contribution in [0.5, 0.6) is 17.2 Å². The van der Waals surface area contributed by atoms with Gasteiger partial charge in [-0.3, -0.25) is 4.79 Å². The molecule has 1 fully saturated rings. The number of aromatic nitrogens is 1. The van der Waals surface area contributed by atoms with E-state index in [9.17, 15) is 13.2 Å². The van der Waals surface area contributed by atoms with Gasteiger partial charge in [0.1, 0.15) is 11.5 Å². The predicted octanol–water partition coefficient (Wildman–Crippen LogP) is 9.59. The second-order valence-corrected chi connectivity index (χ2v) is 14.6. The number of halogens is 2. The summed E-state index contributed by atoms with van der Waals surface area (Å²) in [7, 11) is -2.19. The lowest BCUT2D eigenvalue weighted by Gasteiger charge is -2.26. The van der Waals surface area contributed by atoms with E-state index < -0.39 is 15.9 Å². The molecule has 8 nitrogen and oxygen atoms in total. The average molecular weight is 713 g/mol. The number of pyridine rings is 1. The molecule has 5 aromatic carbocycles. The molecule has 0 spiro atoms. The van der Waals surface area contributed by atoms with Gasteiger partial charge in [0.05, 0.1) is 34.5 Å². The van der Waals surface area contributed by atoms with Gasteiger partial charge in [-0.2, -0.15) is 4.31 Å². The molecule has 1 aromatic heterocycles. The van der Waals surface area contributed by atoms with Gasteiger partial charge < -0.3 is 14.8 Å². The smallest absolute Gasteiger partial charge is 0.256 e. The summed E-state index contributed by atoms with van der Waals surface area (Å²) in [6.07, 6.45) is 2.57. The van der Waals surface area contributed by atoms with Crippen molar-refractivity contribution in [3.05, 3.63) is 119 Å². The minimum absolute atomic E-state index is 0.0502. The van der Waals surface area contributed by atoms with Crippen LogP contribution < -0.4 is 14.8 Å². The average Bonchev–Trinajstić information content (AvgIpc) is 3.11. The SMILES string of the molecule is COc1ccc2cc(-c3cc(C(=O)Nc4cc(S(=O)(=O)N5CCCCC5)ccc4Oc4cc(Cl)cc(Cl)c4)c4ccccc4n3)ccc2c1. The predicted molar refractivity (Wildman–Crippen MR) is 195 cm³/mol. The van der Waals surface area contributed by atoms with E-state index in [0.29, 0.717) is 51.0 Å². The molecule has 0 aliphatic carbocycles. The second-order valence-electron chi connectivity index (χ2n) is 11.8. The molecule has 0 radical (unpaired) electrons. The van der Waals surface area contributed by atoms with Crippen LogP contribution in [0.4, 0.5) is 5.69 Å². The number of nitrogens with zero attached hydrogens (tertiary/aromatic N) is 2. The van der Waals surface area contributed by atoms with Crippen molar-refractivity contribution < 1.29 is 22.7 Å². The van der Waals surface area contributed by atoms with Crippen molar-refractivity contribution in [1.29, 1.82) is 0 Å². The first kappa shape index (κ1) is 32.9. The van der Waals surface area contributed by atoms with E-state index in [-0.39, 0.29) is 16.3 Å². The molecule has 11 heteroatoms. The zero-order valence-electron chi connectivity index (χ0n) is 26.5. The number of hydrogen-bond donors (Lipinski definition) is 1. The zero-order valence-corrected chi connectivity index (χ0v) is 28.8. The van der Waals surface area contributed by atoms with E-state index in [0.717, 1.165) is 41.3 Å². The van der Waals surface area contributed by atoms with Crippen molar-refractivity contribution in [2.75, 3.05) is 25.5 Å². The first-order valence-electron chi connectivity index (χ1n) is 15.8. The van der Waals surface area contributed by atoms with Crippen molar-refractivity contribution in [1.82, 2.24) is 9.29 Å². The van der Waals surface area contributed by atoms with E-state index in [1.54, 1.807) is 31.4 Å². The molecule has 2 heterocycles. The number of carbonyl (C=O) groups excluding carboxylic acids is 1. The van der Waals surface area contributed by atoms with Gasteiger partial charge in [0.2, 0.25) is 10.0 Å². The molecule has 248 valence electrons. The van der Waals surface area contributed by atoms with Gasteiger partial charge in [-0.15, -0.1) is 0 Å². The van der Waals surface area contributed by atoms with Crippen LogP contribution in [-0.2, 0) is 10.0 Å². The summed E-state index contributed by atoms with van der Waals surface area (Å²) >= 11 is 12.5. The van der Waals surface area contributed by atoms with Gasteiger partial charge in [-0.1, -0.05) is 66.0 Å². The van der Waals surface area contributed by atoms with Crippen LogP contribution in [0.1, 0.15) is 29.6 Å². The monoisotopic (exact) mass is 711 g/mol. The Morgan fingerprint density at radius 2 is 1.53 bits per heavy atom. The van der Waals surface area contributed by atoms with E-state index in [4.69, 9.17) is 37.7 Å². The van der Waals surface area contributed by atoms with Crippen LogP contribution in [0.15, 0.2) is 108 Å². The van der Waals surface area contributed by atoms with Crippen molar-refractivity contribution >= 4 is 66.5 Å². The number of anilines is 1. The summed E-state index contributed by atoms with van der Waals surface area (Å²) in [6.45, 7) is 0.884. The highest BCUT2D eigenvalue weighted by Gasteiger charge is 2.27. The number of para-hydroxylation sites is 1. The third-order valence-corrected chi connectivity index (χ3v) is 10.9. The van der Waals surface area contributed by atoms with Crippen LogP contribution in [0.2, 0.25) is 10.0 Å². The van der Waals surface area contributed by atoms with Gasteiger partial charge in [0.15, 0.2) is 5.75 Å². The number of hydrogen-bond acceptors (Lipinski definition) is 6. The number of rotatable bonds is 8. The maximum absolute atomic E-state index is 14.3. The van der Waals surface area contributed by atoms with Crippen LogP contribution in [0.3, 0.4) is 0 Å². The molecule has 0 unspecified atom stereocenters. The standard InChI is InChI=1S/C38H31Cl2N3O5S/c1-47-29-12-11-24-17-26(10-9-25(24)18-29)35-23-33(32-7-3-4-8-34(32)41-35)38(44)42-36-22-31(49(45,46)43-15-5-2-6-16-43)13-14-37(36)48-30-20-27(39)19-28(40)21-30/h3-4,7-14,17-23H,2,5-6,15-16H2,1H3,(H,42,44). The normalized spacial score (nSPS) is 13.8. The number of amides is 1. The Balaban J connectivity index is 1.30. The molecule has 1 N–H and O–H groups in total. The van der Waals surface area contributed by atoms with Gasteiger partial charge >= 0.3 is 0 Å². The molecule has 6 aromatic rings. The van der Waals surface area contributed by atoms with Crippen molar-refractivity contribution in [2.45, 2.75) is 24.2 Å². The molecule has 0 saturated carbocycles. The molecular formula is C38H31Cl2N3O5S. The van der Waals surface area contributed by atoms with Crippen LogP contribution in [0, 0.1) is 0 Å². The number of benzene rings is 5. The number of methoxy groups -OCH3 is 1. The number of nitrogens with one attached hydrogen (secondary N) is 1. The lowest BCUT2D eigenvalue weighted by atomic mass is 10.0. The highest BCUT2D eigenvalue weighted by molar-refractivity contribution is 7.89. The van der Waals surface area contributed by atoms with Gasteiger partial charge in [0, 0.05) is 34.1 Å². The number of sulfonamides is 1. The van der Waals surface area contributed by atoms with E-state index >= 15 is 0 Å². The molecule has 49 heavy (non-hydrogen) atoms. The highest BCUT2D eigenvalue weighted by atomic mass is 35.5. The molecule has 1 saturated heterocycles. The largest absolute Gasteiger partial charge is 0.497 e. The molecule has 0 bridgehead atoms. The van der Waals surface area contributed by atoms with Crippen LogP contribution in [-0.4, -0.2) is 43.8 Å². The number of carbonyl (C=O) groups is 1. The summed E-state index contributed by atoms with van der Waals surface area (Å²) in [5.41, 5.74) is 2.59. The Kier molecular flexibility index (Phi) is 9.17. The van der Waals surface area contributed by atoms with Gasteiger partial charge in [-0.05, 0) is 90.3 Å². The van der Waals surface area contributed by atoms with Gasteiger partial charge in [0.25, 0.3) is 5.91 Å². The maximum atomic E-state index is 14.3. The summed E-state index contributed by atoms with van der Waals surface area (Å²) in [5, 5.41) is 6.31. The first-order valence-corrected chi connectivity index (χ1v) is 17.9. The van der Waals surface area contributed by atoms with Gasteiger partial charge in [-0.25, -0.2) is 13.4 Å². The Bertz CT molecular complexity index is 2320. The minimum atomic E-state index is -3.82. The molecular weight excluding hydrogens is 681 g/mol. The number of piperidine rings is 1. The maximum Gasteiger partial charge on any atom is 0.256 e.